The molecule has 1 aromatic rings. The van der Waals surface area contributed by atoms with E-state index in [1.165, 1.54) is 19.3 Å². The second-order valence-corrected chi connectivity index (χ2v) is 4.24. The molecule has 0 spiro atoms. The van der Waals surface area contributed by atoms with Gasteiger partial charge in [0.2, 0.25) is 0 Å². The van der Waals surface area contributed by atoms with Crippen molar-refractivity contribution in [3.63, 3.8) is 0 Å². The van der Waals surface area contributed by atoms with Crippen LogP contribution < -0.4 is 10.6 Å². The number of anilines is 1. The van der Waals surface area contributed by atoms with E-state index in [1.54, 1.807) is 11.3 Å². The fourth-order valence-electron chi connectivity index (χ4n) is 1.19. The summed E-state index contributed by atoms with van der Waals surface area (Å²) in [5, 5.41) is 9.79. The van der Waals surface area contributed by atoms with Gasteiger partial charge in [-0.2, -0.15) is 0 Å². The number of rotatable bonds is 6. The molecule has 0 radical (unpaired) electrons. The van der Waals surface area contributed by atoms with Gasteiger partial charge in [0, 0.05) is 24.2 Å². The molecule has 0 aromatic carbocycles. The third kappa shape index (κ3) is 3.32. The molecule has 0 bridgehead atoms. The first kappa shape index (κ1) is 8.97. The Morgan fingerprint density at radius 3 is 3.08 bits per heavy atom. The van der Waals surface area contributed by atoms with Crippen molar-refractivity contribution in [2.75, 3.05) is 18.4 Å². The SMILES string of the molecule is c1csc(NCCCNC2CC2)n1. The summed E-state index contributed by atoms with van der Waals surface area (Å²) >= 11 is 1.66. The molecule has 3 nitrogen and oxygen atoms in total. The van der Waals surface area contributed by atoms with Crippen LogP contribution in [0, 0.1) is 0 Å². The lowest BCUT2D eigenvalue weighted by molar-refractivity contribution is 0.659. The van der Waals surface area contributed by atoms with Crippen molar-refractivity contribution in [2.24, 2.45) is 0 Å². The lowest BCUT2D eigenvalue weighted by atomic mass is 10.4. The summed E-state index contributed by atoms with van der Waals surface area (Å²) in [4.78, 5) is 4.15. The zero-order valence-electron chi connectivity index (χ0n) is 7.62. The molecule has 1 saturated carbocycles. The van der Waals surface area contributed by atoms with Crippen molar-refractivity contribution in [1.82, 2.24) is 10.3 Å². The number of aromatic nitrogens is 1. The molecule has 0 amide bonds. The second-order valence-electron chi connectivity index (χ2n) is 3.35. The normalized spacial score (nSPS) is 16.0. The van der Waals surface area contributed by atoms with E-state index in [0.29, 0.717) is 0 Å². The van der Waals surface area contributed by atoms with E-state index in [9.17, 15) is 0 Å². The zero-order chi connectivity index (χ0) is 8.93. The summed E-state index contributed by atoms with van der Waals surface area (Å²) in [6, 6.07) is 0.833. The summed E-state index contributed by atoms with van der Waals surface area (Å²) < 4.78 is 0. The van der Waals surface area contributed by atoms with Gasteiger partial charge in [0.05, 0.1) is 0 Å². The van der Waals surface area contributed by atoms with Gasteiger partial charge in [0.1, 0.15) is 0 Å². The number of hydrogen-bond donors (Lipinski definition) is 2. The van der Waals surface area contributed by atoms with E-state index in [0.717, 1.165) is 24.3 Å². The van der Waals surface area contributed by atoms with Gasteiger partial charge in [-0.1, -0.05) is 0 Å². The molecule has 0 saturated heterocycles. The number of nitrogens with one attached hydrogen (secondary N) is 2. The average molecular weight is 197 g/mol. The number of hydrogen-bond acceptors (Lipinski definition) is 4. The first-order valence-electron chi connectivity index (χ1n) is 4.82. The van der Waals surface area contributed by atoms with E-state index in [4.69, 9.17) is 0 Å². The molecule has 2 rings (SSSR count). The Morgan fingerprint density at radius 2 is 2.38 bits per heavy atom. The lowest BCUT2D eigenvalue weighted by Gasteiger charge is -2.03. The largest absolute Gasteiger partial charge is 0.361 e. The fraction of sp³-hybridized carbons (Fsp3) is 0.667. The Bertz CT molecular complexity index is 231. The van der Waals surface area contributed by atoms with Gasteiger partial charge < -0.3 is 10.6 Å². The Balaban J connectivity index is 1.48. The minimum absolute atomic E-state index is 0.833. The minimum atomic E-state index is 0.833. The quantitative estimate of drug-likeness (QED) is 0.682. The van der Waals surface area contributed by atoms with E-state index in [2.05, 4.69) is 15.6 Å². The van der Waals surface area contributed by atoms with Gasteiger partial charge >= 0.3 is 0 Å². The van der Waals surface area contributed by atoms with Crippen LogP contribution in [0.15, 0.2) is 11.6 Å². The molecule has 4 heteroatoms. The van der Waals surface area contributed by atoms with Crippen LogP contribution in [0.5, 0.6) is 0 Å². The van der Waals surface area contributed by atoms with Crippen molar-refractivity contribution in [3.8, 4) is 0 Å². The third-order valence-electron chi connectivity index (χ3n) is 2.07. The summed E-state index contributed by atoms with van der Waals surface area (Å²) in [6.07, 6.45) is 5.76. The van der Waals surface area contributed by atoms with Crippen molar-refractivity contribution in [2.45, 2.75) is 25.3 Å². The van der Waals surface area contributed by atoms with Crippen LogP contribution in [0.2, 0.25) is 0 Å². The Labute approximate surface area is 82.6 Å². The molecule has 1 aromatic heterocycles. The molecule has 0 unspecified atom stereocenters. The highest BCUT2D eigenvalue weighted by Gasteiger charge is 2.19. The van der Waals surface area contributed by atoms with Crippen LogP contribution in [0.1, 0.15) is 19.3 Å². The third-order valence-corrected chi connectivity index (χ3v) is 2.80. The van der Waals surface area contributed by atoms with Crippen molar-refractivity contribution in [1.29, 1.82) is 0 Å². The maximum Gasteiger partial charge on any atom is 0.182 e. The van der Waals surface area contributed by atoms with Gasteiger partial charge in [-0.3, -0.25) is 0 Å². The molecule has 72 valence electrons. The van der Waals surface area contributed by atoms with Gasteiger partial charge in [-0.15, -0.1) is 11.3 Å². The van der Waals surface area contributed by atoms with Gasteiger partial charge in [-0.25, -0.2) is 4.98 Å². The van der Waals surface area contributed by atoms with Gasteiger partial charge in [0.15, 0.2) is 5.13 Å². The number of thiazole rings is 1. The maximum absolute atomic E-state index is 4.15. The summed E-state index contributed by atoms with van der Waals surface area (Å²) in [6.45, 7) is 2.15. The highest BCUT2D eigenvalue weighted by molar-refractivity contribution is 7.13. The second kappa shape index (κ2) is 4.58. The monoisotopic (exact) mass is 197 g/mol. The summed E-state index contributed by atoms with van der Waals surface area (Å²) in [5.74, 6) is 0. The van der Waals surface area contributed by atoms with Crippen molar-refractivity contribution in [3.05, 3.63) is 11.6 Å². The Kier molecular flexibility index (Phi) is 3.16. The van der Waals surface area contributed by atoms with E-state index in [1.807, 2.05) is 11.6 Å². The molecule has 1 aliphatic rings. The molecule has 0 aliphatic heterocycles. The first-order valence-corrected chi connectivity index (χ1v) is 5.70. The average Bonchev–Trinajstić information content (AvgIpc) is 2.81. The van der Waals surface area contributed by atoms with Crippen molar-refractivity contribution >= 4 is 16.5 Å². The predicted molar refractivity (Wildman–Crippen MR) is 56.2 cm³/mol. The minimum Gasteiger partial charge on any atom is -0.361 e. The molecule has 1 heterocycles. The first-order chi connectivity index (χ1) is 6.45. The van der Waals surface area contributed by atoms with Crippen LogP contribution in [0.3, 0.4) is 0 Å². The van der Waals surface area contributed by atoms with E-state index in [-0.39, 0.29) is 0 Å². The molecule has 13 heavy (non-hydrogen) atoms. The molecule has 1 aliphatic carbocycles. The molecule has 2 N–H and O–H groups in total. The predicted octanol–water partition coefficient (Wildman–Crippen LogP) is 1.70. The Morgan fingerprint density at radius 1 is 1.46 bits per heavy atom. The lowest BCUT2D eigenvalue weighted by Crippen LogP contribution is -2.19. The van der Waals surface area contributed by atoms with Crippen LogP contribution in [0.4, 0.5) is 5.13 Å². The van der Waals surface area contributed by atoms with Crippen LogP contribution >= 0.6 is 11.3 Å². The summed E-state index contributed by atoms with van der Waals surface area (Å²) in [7, 11) is 0. The Hall–Kier alpha value is -0.610. The van der Waals surface area contributed by atoms with E-state index >= 15 is 0 Å². The topological polar surface area (TPSA) is 37.0 Å². The van der Waals surface area contributed by atoms with E-state index < -0.39 is 0 Å². The molecule has 0 atom stereocenters. The molecule has 1 fully saturated rings. The standard InChI is InChI=1S/C9H15N3S/c1(4-10-8-2-3-8)5-11-9-12-6-7-13-9/h6-8,10H,1-5H2,(H,11,12). The molecular formula is C9H15N3S. The highest BCUT2D eigenvalue weighted by atomic mass is 32.1. The zero-order valence-corrected chi connectivity index (χ0v) is 8.44. The van der Waals surface area contributed by atoms with Crippen LogP contribution in [-0.4, -0.2) is 24.1 Å². The summed E-state index contributed by atoms with van der Waals surface area (Å²) in [5.41, 5.74) is 0. The van der Waals surface area contributed by atoms with Crippen LogP contribution in [-0.2, 0) is 0 Å². The fourth-order valence-corrected chi connectivity index (χ4v) is 1.75. The highest BCUT2D eigenvalue weighted by Crippen LogP contribution is 2.18. The van der Waals surface area contributed by atoms with Gasteiger partial charge in [-0.05, 0) is 25.8 Å². The van der Waals surface area contributed by atoms with Crippen LogP contribution in [0.25, 0.3) is 0 Å². The smallest absolute Gasteiger partial charge is 0.182 e. The van der Waals surface area contributed by atoms with Gasteiger partial charge in [0.25, 0.3) is 0 Å². The van der Waals surface area contributed by atoms with Crippen molar-refractivity contribution < 1.29 is 0 Å². The molecular weight excluding hydrogens is 182 g/mol. The maximum atomic E-state index is 4.15. The number of nitrogens with zero attached hydrogens (tertiary/aromatic N) is 1.